The molecular weight excluding hydrogens is 292 g/mol. The molecule has 0 radical (unpaired) electrons. The Morgan fingerprint density at radius 3 is 2.27 bits per heavy atom. The number of hydrogen-bond donors (Lipinski definition) is 0. The highest BCUT2D eigenvalue weighted by Gasteiger charge is 2.43. The van der Waals surface area contributed by atoms with Crippen molar-refractivity contribution in [1.82, 2.24) is 0 Å². The highest BCUT2D eigenvalue weighted by molar-refractivity contribution is 6.66. The zero-order chi connectivity index (χ0) is 15.8. The van der Waals surface area contributed by atoms with Gasteiger partial charge >= 0.3 is 8.56 Å². The monoisotopic (exact) mass is 328 g/mol. The molecule has 0 bridgehead atoms. The summed E-state index contributed by atoms with van der Waals surface area (Å²) >= 11 is 0. The van der Waals surface area contributed by atoms with Crippen LogP contribution in [0.5, 0.6) is 0 Å². The first-order valence-electron chi connectivity index (χ1n) is 9.60. The average Bonchev–Trinajstić information content (AvgIpc) is 3.25. The van der Waals surface area contributed by atoms with Gasteiger partial charge in [0.15, 0.2) is 0 Å². The molecule has 0 N–H and O–H groups in total. The molecule has 1 heterocycles. The summed E-state index contributed by atoms with van der Waals surface area (Å²) in [7, 11) is -1.86. The van der Waals surface area contributed by atoms with Crippen LogP contribution in [0.25, 0.3) is 0 Å². The van der Waals surface area contributed by atoms with Crippen molar-refractivity contribution in [2.45, 2.75) is 96.4 Å². The normalized spacial score (nSPS) is 27.7. The van der Waals surface area contributed by atoms with E-state index in [9.17, 15) is 0 Å². The fourth-order valence-corrected chi connectivity index (χ4v) is 6.44. The quantitative estimate of drug-likeness (QED) is 0.286. The van der Waals surface area contributed by atoms with Gasteiger partial charge in [0, 0.05) is 13.2 Å². The molecule has 3 unspecified atom stereocenters. The number of rotatable bonds is 12. The van der Waals surface area contributed by atoms with Crippen molar-refractivity contribution in [2.24, 2.45) is 5.92 Å². The molecule has 1 saturated carbocycles. The fraction of sp³-hybridized carbons (Fsp3) is 1.00. The molecule has 3 atom stereocenters. The number of epoxide rings is 1. The lowest BCUT2D eigenvalue weighted by atomic mass is 9.85. The Kier molecular flexibility index (Phi) is 7.88. The summed E-state index contributed by atoms with van der Waals surface area (Å²) < 4.78 is 17.4. The Morgan fingerprint density at radius 1 is 0.909 bits per heavy atom. The molecule has 0 spiro atoms. The predicted molar refractivity (Wildman–Crippen MR) is 93.4 cm³/mol. The van der Waals surface area contributed by atoms with Gasteiger partial charge in [0.1, 0.15) is 0 Å². The minimum Gasteiger partial charge on any atom is -0.395 e. The van der Waals surface area contributed by atoms with Gasteiger partial charge in [-0.05, 0) is 51.6 Å². The Labute approximate surface area is 138 Å². The van der Waals surface area contributed by atoms with Crippen LogP contribution in [0.1, 0.15) is 71.6 Å². The molecule has 1 aliphatic heterocycles. The van der Waals surface area contributed by atoms with Gasteiger partial charge in [0.25, 0.3) is 0 Å². The van der Waals surface area contributed by atoms with E-state index in [0.29, 0.717) is 12.2 Å². The second kappa shape index (κ2) is 9.41. The molecule has 2 fully saturated rings. The Morgan fingerprint density at radius 2 is 1.59 bits per heavy atom. The van der Waals surface area contributed by atoms with Gasteiger partial charge in [-0.3, -0.25) is 0 Å². The first kappa shape index (κ1) is 18.4. The molecule has 1 aliphatic carbocycles. The van der Waals surface area contributed by atoms with E-state index in [1.54, 1.807) is 0 Å². The molecule has 2 rings (SSSR count). The van der Waals surface area contributed by atoms with E-state index in [2.05, 4.69) is 20.4 Å². The van der Waals surface area contributed by atoms with Crippen molar-refractivity contribution in [3.05, 3.63) is 0 Å². The molecule has 4 heteroatoms. The van der Waals surface area contributed by atoms with Crippen LogP contribution in [-0.4, -0.2) is 34.0 Å². The average molecular weight is 329 g/mol. The number of ether oxygens (including phenoxy) is 1. The number of hydrogen-bond acceptors (Lipinski definition) is 3. The first-order chi connectivity index (χ1) is 10.7. The van der Waals surface area contributed by atoms with Gasteiger partial charge in [0.2, 0.25) is 0 Å². The van der Waals surface area contributed by atoms with Gasteiger partial charge in [-0.1, -0.05) is 38.5 Å². The minimum absolute atomic E-state index is 0.651. The maximum atomic E-state index is 5.90. The smallest absolute Gasteiger partial charge is 0.334 e. The summed E-state index contributed by atoms with van der Waals surface area (Å²) in [6, 6.07) is 1.15. The van der Waals surface area contributed by atoms with Gasteiger partial charge in [-0.2, -0.15) is 0 Å². The standard InChI is InChI=1S/C18H36O3Si/c1-4-19-22(3,20-5-2)14-10-8-6-7-9-11-16-12-13-17-18(15-16)21-17/h16-18H,4-15H2,1-3H3. The lowest BCUT2D eigenvalue weighted by Crippen LogP contribution is -2.38. The summed E-state index contributed by atoms with van der Waals surface area (Å²) in [4.78, 5) is 0. The molecular formula is C18H36O3Si. The molecule has 22 heavy (non-hydrogen) atoms. The van der Waals surface area contributed by atoms with Gasteiger partial charge in [0.05, 0.1) is 12.2 Å². The van der Waals surface area contributed by atoms with Crippen LogP contribution < -0.4 is 0 Å². The molecule has 0 aromatic heterocycles. The molecule has 1 saturated heterocycles. The topological polar surface area (TPSA) is 31.0 Å². The van der Waals surface area contributed by atoms with E-state index in [0.717, 1.165) is 25.2 Å². The Balaban J connectivity index is 1.44. The van der Waals surface area contributed by atoms with E-state index in [1.807, 2.05) is 0 Å². The summed E-state index contributed by atoms with van der Waals surface area (Å²) in [6.07, 6.45) is 13.6. The highest BCUT2D eigenvalue weighted by Crippen LogP contribution is 2.41. The van der Waals surface area contributed by atoms with Crippen molar-refractivity contribution < 1.29 is 13.6 Å². The van der Waals surface area contributed by atoms with Gasteiger partial charge in [-0.15, -0.1) is 0 Å². The highest BCUT2D eigenvalue weighted by atomic mass is 28.4. The van der Waals surface area contributed by atoms with Crippen LogP contribution in [0.4, 0.5) is 0 Å². The molecule has 0 aromatic rings. The van der Waals surface area contributed by atoms with Crippen LogP contribution in [0.3, 0.4) is 0 Å². The lowest BCUT2D eigenvalue weighted by Gasteiger charge is -2.25. The van der Waals surface area contributed by atoms with E-state index < -0.39 is 8.56 Å². The second-order valence-electron chi connectivity index (χ2n) is 7.20. The number of unbranched alkanes of at least 4 members (excludes halogenated alkanes) is 4. The van der Waals surface area contributed by atoms with Crippen LogP contribution in [0.15, 0.2) is 0 Å². The van der Waals surface area contributed by atoms with Crippen molar-refractivity contribution in [3.8, 4) is 0 Å². The Hall–Kier alpha value is 0.0969. The molecule has 3 nitrogen and oxygen atoms in total. The predicted octanol–water partition coefficient (Wildman–Crippen LogP) is 5.04. The van der Waals surface area contributed by atoms with Crippen molar-refractivity contribution in [1.29, 1.82) is 0 Å². The van der Waals surface area contributed by atoms with E-state index in [1.165, 1.54) is 57.8 Å². The maximum Gasteiger partial charge on any atom is 0.334 e. The molecule has 0 aromatic carbocycles. The summed E-state index contributed by atoms with van der Waals surface area (Å²) in [5, 5.41) is 0. The third-order valence-electron chi connectivity index (χ3n) is 5.26. The first-order valence-corrected chi connectivity index (χ1v) is 12.1. The zero-order valence-electron chi connectivity index (χ0n) is 14.9. The van der Waals surface area contributed by atoms with E-state index in [-0.39, 0.29) is 0 Å². The summed E-state index contributed by atoms with van der Waals surface area (Å²) in [5.41, 5.74) is 0. The third kappa shape index (κ3) is 6.30. The van der Waals surface area contributed by atoms with E-state index in [4.69, 9.17) is 13.6 Å². The number of fused-ring (bicyclic) bond motifs is 1. The van der Waals surface area contributed by atoms with Crippen LogP contribution in [0.2, 0.25) is 12.6 Å². The molecule has 2 aliphatic rings. The Bertz CT molecular complexity index is 305. The van der Waals surface area contributed by atoms with E-state index >= 15 is 0 Å². The van der Waals surface area contributed by atoms with Crippen molar-refractivity contribution in [2.75, 3.05) is 13.2 Å². The van der Waals surface area contributed by atoms with Gasteiger partial charge < -0.3 is 13.6 Å². The maximum absolute atomic E-state index is 5.90. The van der Waals surface area contributed by atoms with Crippen LogP contribution in [0, 0.1) is 5.92 Å². The summed E-state index contributed by atoms with van der Waals surface area (Å²) in [6.45, 7) is 7.94. The zero-order valence-corrected chi connectivity index (χ0v) is 15.9. The van der Waals surface area contributed by atoms with Crippen molar-refractivity contribution in [3.63, 3.8) is 0 Å². The largest absolute Gasteiger partial charge is 0.395 e. The third-order valence-corrected chi connectivity index (χ3v) is 8.32. The molecule has 0 amide bonds. The van der Waals surface area contributed by atoms with Crippen LogP contribution in [-0.2, 0) is 13.6 Å². The van der Waals surface area contributed by atoms with Gasteiger partial charge in [-0.25, -0.2) is 0 Å². The second-order valence-corrected chi connectivity index (χ2v) is 10.5. The minimum atomic E-state index is -1.86. The van der Waals surface area contributed by atoms with Crippen molar-refractivity contribution >= 4 is 8.56 Å². The fourth-order valence-electron chi connectivity index (χ4n) is 3.96. The summed E-state index contributed by atoms with van der Waals surface area (Å²) in [5.74, 6) is 0.954. The molecule has 130 valence electrons. The lowest BCUT2D eigenvalue weighted by molar-refractivity contribution is 0.188. The SMILES string of the molecule is CCO[Si](C)(CCCCCCCC1CCC2OC2C1)OCC. The van der Waals surface area contributed by atoms with Crippen LogP contribution >= 0.6 is 0 Å².